The summed E-state index contributed by atoms with van der Waals surface area (Å²) in [5.74, 6) is -2.29. The molecule has 2 aromatic rings. The zero-order chi connectivity index (χ0) is 18.7. The van der Waals surface area contributed by atoms with Crippen LogP contribution in [0.4, 0.5) is 8.78 Å². The van der Waals surface area contributed by atoms with Crippen LogP contribution in [0.1, 0.15) is 33.6 Å². The first-order valence-corrected chi connectivity index (χ1v) is 8.62. The summed E-state index contributed by atoms with van der Waals surface area (Å²) >= 11 is 5.83. The number of carbonyl (C=O) groups excluding carboxylic acids is 2. The zero-order valence-electron chi connectivity index (χ0n) is 13.8. The molecular weight excluding hydrogens is 362 g/mol. The molecule has 1 heterocycles. The van der Waals surface area contributed by atoms with Crippen LogP contribution in [-0.4, -0.2) is 35.8 Å². The molecule has 0 aromatic heterocycles. The zero-order valence-corrected chi connectivity index (χ0v) is 14.6. The molecule has 1 N–H and O–H groups in total. The Hall–Kier alpha value is -2.47. The highest BCUT2D eigenvalue weighted by Crippen LogP contribution is 2.17. The third-order valence-corrected chi connectivity index (χ3v) is 4.64. The summed E-state index contributed by atoms with van der Waals surface area (Å²) in [7, 11) is 0. The van der Waals surface area contributed by atoms with Gasteiger partial charge in [0, 0.05) is 35.8 Å². The van der Waals surface area contributed by atoms with Crippen LogP contribution in [0.5, 0.6) is 0 Å². The van der Waals surface area contributed by atoms with E-state index in [9.17, 15) is 18.4 Å². The van der Waals surface area contributed by atoms with E-state index in [0.29, 0.717) is 42.6 Å². The Balaban J connectivity index is 1.55. The van der Waals surface area contributed by atoms with Crippen molar-refractivity contribution in [2.24, 2.45) is 0 Å². The number of hydrogen-bond acceptors (Lipinski definition) is 2. The topological polar surface area (TPSA) is 49.4 Å². The van der Waals surface area contributed by atoms with Crippen LogP contribution in [0, 0.1) is 11.6 Å². The number of nitrogens with one attached hydrogen (secondary N) is 1. The van der Waals surface area contributed by atoms with E-state index < -0.39 is 17.5 Å². The van der Waals surface area contributed by atoms with Gasteiger partial charge in [-0.2, -0.15) is 0 Å². The Morgan fingerprint density at radius 1 is 1.04 bits per heavy atom. The van der Waals surface area contributed by atoms with Gasteiger partial charge in [0.05, 0.1) is 5.56 Å². The molecule has 0 unspecified atom stereocenters. The lowest BCUT2D eigenvalue weighted by Gasteiger charge is -2.32. The van der Waals surface area contributed by atoms with Crippen LogP contribution in [-0.2, 0) is 0 Å². The third-order valence-electron chi connectivity index (χ3n) is 4.38. The summed E-state index contributed by atoms with van der Waals surface area (Å²) in [6.45, 7) is 0.969. The molecular formula is C19H17ClF2N2O2. The van der Waals surface area contributed by atoms with E-state index in [1.807, 2.05) is 0 Å². The maximum atomic E-state index is 13.7. The summed E-state index contributed by atoms with van der Waals surface area (Å²) in [6.07, 6.45) is 1.13. The van der Waals surface area contributed by atoms with Gasteiger partial charge in [0.1, 0.15) is 11.6 Å². The predicted molar refractivity (Wildman–Crippen MR) is 94.2 cm³/mol. The van der Waals surface area contributed by atoms with Crippen LogP contribution in [0.2, 0.25) is 5.02 Å². The second-order valence-electron chi connectivity index (χ2n) is 6.17. The van der Waals surface area contributed by atoms with Gasteiger partial charge < -0.3 is 10.2 Å². The lowest BCUT2D eigenvalue weighted by Crippen LogP contribution is -2.46. The molecule has 2 aromatic carbocycles. The maximum Gasteiger partial charge on any atom is 0.254 e. The van der Waals surface area contributed by atoms with Crippen molar-refractivity contribution < 1.29 is 18.4 Å². The van der Waals surface area contributed by atoms with E-state index in [1.54, 1.807) is 29.2 Å². The molecule has 3 rings (SSSR count). The fourth-order valence-electron chi connectivity index (χ4n) is 2.94. The predicted octanol–water partition coefficient (Wildman–Crippen LogP) is 3.65. The minimum Gasteiger partial charge on any atom is -0.349 e. The van der Waals surface area contributed by atoms with E-state index in [1.165, 1.54) is 0 Å². The number of halogens is 3. The van der Waals surface area contributed by atoms with Gasteiger partial charge in [-0.15, -0.1) is 0 Å². The Morgan fingerprint density at radius 2 is 1.69 bits per heavy atom. The molecule has 136 valence electrons. The quantitative estimate of drug-likeness (QED) is 0.886. The molecule has 0 aliphatic carbocycles. The molecule has 1 aliphatic rings. The van der Waals surface area contributed by atoms with Gasteiger partial charge >= 0.3 is 0 Å². The number of nitrogens with zero attached hydrogens (tertiary/aromatic N) is 1. The summed E-state index contributed by atoms with van der Waals surface area (Å²) in [4.78, 5) is 26.3. The van der Waals surface area contributed by atoms with Crippen molar-refractivity contribution >= 4 is 23.4 Å². The van der Waals surface area contributed by atoms with Crippen molar-refractivity contribution in [3.63, 3.8) is 0 Å². The molecule has 1 aliphatic heterocycles. The highest BCUT2D eigenvalue weighted by molar-refractivity contribution is 6.30. The number of likely N-dealkylation sites (tertiary alicyclic amines) is 1. The van der Waals surface area contributed by atoms with Crippen molar-refractivity contribution in [1.29, 1.82) is 0 Å². The minimum atomic E-state index is -0.891. The Labute approximate surface area is 154 Å². The second-order valence-corrected chi connectivity index (χ2v) is 6.61. The summed E-state index contributed by atoms with van der Waals surface area (Å²) in [5, 5.41) is 3.31. The Bertz CT molecular complexity index is 819. The summed E-state index contributed by atoms with van der Waals surface area (Å²) in [5.41, 5.74) is 0.372. The van der Waals surface area contributed by atoms with E-state index in [-0.39, 0.29) is 17.5 Å². The van der Waals surface area contributed by atoms with Gasteiger partial charge in [-0.3, -0.25) is 9.59 Å². The first kappa shape index (κ1) is 18.3. The molecule has 0 saturated carbocycles. The van der Waals surface area contributed by atoms with Gasteiger partial charge in [-0.1, -0.05) is 11.6 Å². The molecule has 2 amide bonds. The standard InChI is InChI=1S/C19H17ClF2N2O2/c20-13-3-1-12(2-4-13)19(26)24-9-7-15(8-10-24)23-18(25)16-6-5-14(21)11-17(16)22/h1-6,11,15H,7-10H2,(H,23,25). The van der Waals surface area contributed by atoms with Crippen molar-refractivity contribution in [3.05, 3.63) is 70.2 Å². The first-order valence-electron chi connectivity index (χ1n) is 8.25. The average Bonchev–Trinajstić information content (AvgIpc) is 2.62. The maximum absolute atomic E-state index is 13.7. The third kappa shape index (κ3) is 4.19. The highest BCUT2D eigenvalue weighted by atomic mass is 35.5. The van der Waals surface area contributed by atoms with E-state index in [4.69, 9.17) is 11.6 Å². The highest BCUT2D eigenvalue weighted by Gasteiger charge is 2.25. The van der Waals surface area contributed by atoms with E-state index in [0.717, 1.165) is 12.1 Å². The van der Waals surface area contributed by atoms with Crippen LogP contribution in [0.3, 0.4) is 0 Å². The van der Waals surface area contributed by atoms with E-state index >= 15 is 0 Å². The Morgan fingerprint density at radius 3 is 2.31 bits per heavy atom. The molecule has 1 fully saturated rings. The van der Waals surface area contributed by atoms with Gasteiger partial charge in [0.2, 0.25) is 0 Å². The van der Waals surface area contributed by atoms with Gasteiger partial charge in [0.25, 0.3) is 11.8 Å². The SMILES string of the molecule is O=C(NC1CCN(C(=O)c2ccc(Cl)cc2)CC1)c1ccc(F)cc1F. The smallest absolute Gasteiger partial charge is 0.254 e. The molecule has 0 bridgehead atoms. The van der Waals surface area contributed by atoms with Crippen LogP contribution >= 0.6 is 11.6 Å². The van der Waals surface area contributed by atoms with E-state index in [2.05, 4.69) is 5.32 Å². The number of carbonyl (C=O) groups is 2. The van der Waals surface area contributed by atoms with Crippen molar-refractivity contribution in [2.45, 2.75) is 18.9 Å². The van der Waals surface area contributed by atoms with Crippen molar-refractivity contribution in [1.82, 2.24) is 10.2 Å². The van der Waals surface area contributed by atoms with Crippen molar-refractivity contribution in [2.75, 3.05) is 13.1 Å². The largest absolute Gasteiger partial charge is 0.349 e. The second kappa shape index (κ2) is 7.83. The summed E-state index contributed by atoms with van der Waals surface area (Å²) < 4.78 is 26.6. The van der Waals surface area contributed by atoms with Gasteiger partial charge in [-0.25, -0.2) is 8.78 Å². The monoisotopic (exact) mass is 378 g/mol. The van der Waals surface area contributed by atoms with Crippen LogP contribution < -0.4 is 5.32 Å². The number of benzene rings is 2. The molecule has 0 atom stereocenters. The fourth-order valence-corrected chi connectivity index (χ4v) is 3.06. The molecule has 1 saturated heterocycles. The van der Waals surface area contributed by atoms with Gasteiger partial charge in [-0.05, 0) is 49.2 Å². The number of amides is 2. The molecule has 4 nitrogen and oxygen atoms in total. The van der Waals surface area contributed by atoms with Gasteiger partial charge in [0.15, 0.2) is 0 Å². The lowest BCUT2D eigenvalue weighted by molar-refractivity contribution is 0.0698. The molecule has 7 heteroatoms. The minimum absolute atomic E-state index is 0.0870. The van der Waals surface area contributed by atoms with Crippen LogP contribution in [0.25, 0.3) is 0 Å². The Kier molecular flexibility index (Phi) is 5.52. The molecule has 0 radical (unpaired) electrons. The normalized spacial score (nSPS) is 15.0. The first-order chi connectivity index (χ1) is 12.4. The average molecular weight is 379 g/mol. The molecule has 26 heavy (non-hydrogen) atoms. The summed E-state index contributed by atoms with van der Waals surface area (Å²) in [6, 6.07) is 9.37. The number of rotatable bonds is 3. The number of piperidine rings is 1. The molecule has 0 spiro atoms. The van der Waals surface area contributed by atoms with Crippen molar-refractivity contribution in [3.8, 4) is 0 Å². The number of hydrogen-bond donors (Lipinski definition) is 1. The van der Waals surface area contributed by atoms with Crippen LogP contribution in [0.15, 0.2) is 42.5 Å². The fraction of sp³-hybridized carbons (Fsp3) is 0.263. The lowest BCUT2D eigenvalue weighted by atomic mass is 10.0.